The molecule has 1 saturated carbocycles. The summed E-state index contributed by atoms with van der Waals surface area (Å²) in [7, 11) is 0. The highest BCUT2D eigenvalue weighted by Gasteiger charge is 2.48. The summed E-state index contributed by atoms with van der Waals surface area (Å²) in [4.78, 5) is 9.19. The molecule has 3 heterocycles. The molecule has 8 heteroatoms. The molecule has 2 fully saturated rings. The minimum absolute atomic E-state index is 0.0182. The number of pyridine rings is 1. The Morgan fingerprint density at radius 3 is 2.86 bits per heavy atom. The van der Waals surface area contributed by atoms with Gasteiger partial charge in [0.2, 0.25) is 5.92 Å². The first-order valence-electron chi connectivity index (χ1n) is 9.51. The van der Waals surface area contributed by atoms with Gasteiger partial charge in [-0.2, -0.15) is 0 Å². The number of rotatable bonds is 3. The van der Waals surface area contributed by atoms with Crippen molar-refractivity contribution >= 4 is 33.5 Å². The number of benzene rings is 1. The van der Waals surface area contributed by atoms with Gasteiger partial charge in [0, 0.05) is 41.8 Å². The Morgan fingerprint density at radius 2 is 2.11 bits per heavy atom. The third-order valence-corrected chi connectivity index (χ3v) is 6.10. The zero-order valence-electron chi connectivity index (χ0n) is 15.1. The number of aromatic nitrogens is 3. The van der Waals surface area contributed by atoms with E-state index in [4.69, 9.17) is 21.3 Å². The average molecular weight is 408 g/mol. The maximum atomic E-state index is 13.6. The van der Waals surface area contributed by atoms with Gasteiger partial charge in [-0.25, -0.2) is 13.8 Å². The van der Waals surface area contributed by atoms with Crippen molar-refractivity contribution in [3.05, 3.63) is 35.2 Å². The molecule has 2 aliphatic rings. The molecule has 1 aliphatic carbocycles. The molecule has 2 atom stereocenters. The molecule has 1 aliphatic heterocycles. The van der Waals surface area contributed by atoms with E-state index in [0.29, 0.717) is 29.4 Å². The van der Waals surface area contributed by atoms with E-state index in [1.807, 2.05) is 12.1 Å². The minimum atomic E-state index is -2.62. The van der Waals surface area contributed by atoms with E-state index >= 15 is 0 Å². The highest BCUT2D eigenvalue weighted by molar-refractivity contribution is 6.31. The summed E-state index contributed by atoms with van der Waals surface area (Å²) >= 11 is 6.24. The van der Waals surface area contributed by atoms with Crippen molar-refractivity contribution in [1.29, 1.82) is 0 Å². The average Bonchev–Trinajstić information content (AvgIpc) is 3.05. The van der Waals surface area contributed by atoms with Crippen LogP contribution in [0, 0.1) is 0 Å². The topological polar surface area (TPSA) is 60.2 Å². The summed E-state index contributed by atoms with van der Waals surface area (Å²) < 4.78 is 34.9. The third-order valence-electron chi connectivity index (χ3n) is 5.87. The van der Waals surface area contributed by atoms with Crippen LogP contribution in [-0.2, 0) is 4.74 Å². The predicted octanol–water partition coefficient (Wildman–Crippen LogP) is 4.46. The summed E-state index contributed by atoms with van der Waals surface area (Å²) in [6.45, 7) is 0.452. The van der Waals surface area contributed by atoms with Crippen molar-refractivity contribution in [2.24, 2.45) is 0 Å². The van der Waals surface area contributed by atoms with Crippen molar-refractivity contribution in [2.75, 3.05) is 13.2 Å². The molecule has 148 valence electrons. The van der Waals surface area contributed by atoms with E-state index in [0.717, 1.165) is 22.8 Å². The van der Waals surface area contributed by atoms with Gasteiger partial charge in [0.15, 0.2) is 0 Å². The van der Waals surface area contributed by atoms with E-state index in [9.17, 15) is 13.9 Å². The summed E-state index contributed by atoms with van der Waals surface area (Å²) in [5, 5.41) is 11.0. The highest BCUT2D eigenvalue weighted by Crippen LogP contribution is 2.49. The van der Waals surface area contributed by atoms with Crippen LogP contribution < -0.4 is 0 Å². The Balaban J connectivity index is 1.72. The Hall–Kier alpha value is -1.83. The summed E-state index contributed by atoms with van der Waals surface area (Å²) in [6, 6.07) is 5.51. The molecule has 2 unspecified atom stereocenters. The monoisotopic (exact) mass is 407 g/mol. The first kappa shape index (κ1) is 18.2. The highest BCUT2D eigenvalue weighted by atomic mass is 35.5. The van der Waals surface area contributed by atoms with Crippen LogP contribution in [-0.4, -0.2) is 44.9 Å². The van der Waals surface area contributed by atoms with Crippen molar-refractivity contribution < 1.29 is 18.6 Å². The van der Waals surface area contributed by atoms with E-state index in [1.165, 1.54) is 0 Å². The number of imidazole rings is 1. The number of aliphatic hydroxyl groups is 1. The molecular weight excluding hydrogens is 388 g/mol. The van der Waals surface area contributed by atoms with Crippen LogP contribution in [0.25, 0.3) is 21.9 Å². The zero-order chi connectivity index (χ0) is 19.5. The van der Waals surface area contributed by atoms with Crippen molar-refractivity contribution in [3.63, 3.8) is 0 Å². The number of halogens is 3. The molecule has 1 aromatic carbocycles. The molecule has 5 rings (SSSR count). The number of nitrogens with zero attached hydrogens (tertiary/aromatic N) is 3. The quantitative estimate of drug-likeness (QED) is 0.696. The minimum Gasteiger partial charge on any atom is -0.394 e. The molecule has 3 aromatic rings. The fourth-order valence-electron chi connectivity index (χ4n) is 4.49. The zero-order valence-corrected chi connectivity index (χ0v) is 15.9. The molecule has 28 heavy (non-hydrogen) atoms. The van der Waals surface area contributed by atoms with Gasteiger partial charge in [-0.1, -0.05) is 11.6 Å². The molecule has 0 radical (unpaired) electrons. The van der Waals surface area contributed by atoms with Crippen LogP contribution in [0.15, 0.2) is 24.4 Å². The standard InChI is InChI=1S/C20H20ClF2N3O2/c21-12-1-2-16-15(5-12)18-17(9-24-16)25-19(11-7-20(22,23)8-11)26(18)13-3-4-28-14(6-13)10-27/h1-2,5,9,11,13-14,27H,3-4,6-8,10H2. The number of hydrogen-bond acceptors (Lipinski definition) is 4. The second-order valence-electron chi connectivity index (χ2n) is 7.81. The van der Waals surface area contributed by atoms with E-state index in [2.05, 4.69) is 9.55 Å². The summed E-state index contributed by atoms with van der Waals surface area (Å²) in [6.07, 6.45) is 2.42. The number of fused-ring (bicyclic) bond motifs is 3. The Labute approximate surface area is 165 Å². The van der Waals surface area contributed by atoms with Gasteiger partial charge >= 0.3 is 0 Å². The lowest BCUT2D eigenvalue weighted by Crippen LogP contribution is -2.37. The van der Waals surface area contributed by atoms with Crippen LogP contribution in [0.3, 0.4) is 0 Å². The summed E-state index contributed by atoms with van der Waals surface area (Å²) in [5.41, 5.74) is 2.35. The SMILES string of the molecule is OCC1CC(n2c(C3CC(F)(F)C3)nc3cnc4ccc(Cl)cc4c32)CCO1. The van der Waals surface area contributed by atoms with Crippen molar-refractivity contribution in [2.45, 2.75) is 49.7 Å². The first-order valence-corrected chi connectivity index (χ1v) is 9.89. The Bertz CT molecular complexity index is 1050. The van der Waals surface area contributed by atoms with E-state index in [-0.39, 0.29) is 37.5 Å². The Morgan fingerprint density at radius 1 is 1.29 bits per heavy atom. The molecule has 2 aromatic heterocycles. The molecular formula is C20H20ClF2N3O2. The largest absolute Gasteiger partial charge is 0.394 e. The Kier molecular flexibility index (Phi) is 4.30. The molecule has 0 spiro atoms. The van der Waals surface area contributed by atoms with Crippen LogP contribution in [0.4, 0.5) is 8.78 Å². The molecule has 0 bridgehead atoms. The van der Waals surface area contributed by atoms with Gasteiger partial charge < -0.3 is 14.4 Å². The maximum Gasteiger partial charge on any atom is 0.249 e. The lowest BCUT2D eigenvalue weighted by molar-refractivity contribution is -0.0900. The van der Waals surface area contributed by atoms with Gasteiger partial charge in [0.05, 0.1) is 29.9 Å². The van der Waals surface area contributed by atoms with Crippen LogP contribution >= 0.6 is 11.6 Å². The number of alkyl halides is 2. The molecule has 1 N–H and O–H groups in total. The predicted molar refractivity (Wildman–Crippen MR) is 102 cm³/mol. The van der Waals surface area contributed by atoms with E-state index in [1.54, 1.807) is 12.3 Å². The molecule has 0 amide bonds. The first-order chi connectivity index (χ1) is 13.4. The lowest BCUT2D eigenvalue weighted by Gasteiger charge is -2.37. The molecule has 1 saturated heterocycles. The van der Waals surface area contributed by atoms with Crippen molar-refractivity contribution in [3.8, 4) is 0 Å². The summed E-state index contributed by atoms with van der Waals surface area (Å²) in [5.74, 6) is -2.23. The molecule has 5 nitrogen and oxygen atoms in total. The van der Waals surface area contributed by atoms with Gasteiger partial charge in [0.1, 0.15) is 11.3 Å². The van der Waals surface area contributed by atoms with E-state index < -0.39 is 5.92 Å². The second kappa shape index (κ2) is 6.61. The van der Waals surface area contributed by atoms with Crippen LogP contribution in [0.5, 0.6) is 0 Å². The smallest absolute Gasteiger partial charge is 0.249 e. The number of aliphatic hydroxyl groups excluding tert-OH is 1. The van der Waals surface area contributed by atoms with Gasteiger partial charge in [-0.3, -0.25) is 4.98 Å². The fraction of sp³-hybridized carbons (Fsp3) is 0.500. The fourth-order valence-corrected chi connectivity index (χ4v) is 4.66. The van der Waals surface area contributed by atoms with Crippen LogP contribution in [0.1, 0.15) is 43.5 Å². The number of hydrogen-bond donors (Lipinski definition) is 1. The lowest BCUT2D eigenvalue weighted by atomic mass is 9.80. The van der Waals surface area contributed by atoms with Gasteiger partial charge in [0.25, 0.3) is 0 Å². The third kappa shape index (κ3) is 2.96. The normalized spacial score (nSPS) is 25.3. The second-order valence-corrected chi connectivity index (χ2v) is 8.24. The number of ether oxygens (including phenoxy) is 1. The van der Waals surface area contributed by atoms with Crippen molar-refractivity contribution in [1.82, 2.24) is 14.5 Å². The maximum absolute atomic E-state index is 13.6. The van der Waals surface area contributed by atoms with Gasteiger partial charge in [-0.05, 0) is 31.0 Å². The van der Waals surface area contributed by atoms with Gasteiger partial charge in [-0.15, -0.1) is 0 Å². The van der Waals surface area contributed by atoms with Crippen LogP contribution in [0.2, 0.25) is 5.02 Å².